The van der Waals surface area contributed by atoms with Crippen LogP contribution < -0.4 is 0 Å². The van der Waals surface area contributed by atoms with E-state index >= 15 is 0 Å². The highest BCUT2D eigenvalue weighted by Gasteiger charge is 2.43. The predicted octanol–water partition coefficient (Wildman–Crippen LogP) is 1.08. The molecule has 2 rings (SSSR count). The molecule has 64 valence electrons. The van der Waals surface area contributed by atoms with Crippen LogP contribution >= 0.6 is 0 Å². The van der Waals surface area contributed by atoms with E-state index in [1.54, 1.807) is 0 Å². The Hall–Kier alpha value is 0.270. The van der Waals surface area contributed by atoms with Crippen molar-refractivity contribution < 1.29 is 9.29 Å². The first-order valence-electron chi connectivity index (χ1n) is 4.30. The maximum Gasteiger partial charge on any atom is 0.134 e. The average Bonchev–Trinajstić information content (AvgIpc) is 2.34. The molecule has 1 spiro atoms. The topological polar surface area (TPSA) is 32.3 Å². The second-order valence-electron chi connectivity index (χ2n) is 3.53. The summed E-state index contributed by atoms with van der Waals surface area (Å²) in [5.74, 6) is 1.66. The molecule has 2 heterocycles. The molecule has 2 saturated heterocycles. The Bertz CT molecular complexity index is 138. The first-order chi connectivity index (χ1) is 5.31. The summed E-state index contributed by atoms with van der Waals surface area (Å²) < 4.78 is 16.9. The molecule has 0 amide bonds. The number of rotatable bonds is 0. The number of hydrogen-bond acceptors (Lipinski definition) is 2. The third-order valence-electron chi connectivity index (χ3n) is 2.64. The van der Waals surface area contributed by atoms with Crippen molar-refractivity contribution in [3.63, 3.8) is 0 Å². The molecule has 0 aliphatic carbocycles. The van der Waals surface area contributed by atoms with Crippen molar-refractivity contribution in [1.82, 2.24) is 0 Å². The minimum atomic E-state index is -0.585. The summed E-state index contributed by atoms with van der Waals surface area (Å²) in [6, 6.07) is 0. The third-order valence-corrected chi connectivity index (χ3v) is 4.15. The molecule has 3 heteroatoms. The molecule has 11 heavy (non-hydrogen) atoms. The Morgan fingerprint density at radius 3 is 2.73 bits per heavy atom. The van der Waals surface area contributed by atoms with Gasteiger partial charge in [0.1, 0.15) is 17.1 Å². The van der Waals surface area contributed by atoms with Gasteiger partial charge < -0.3 is 9.29 Å². The molecule has 2 aliphatic heterocycles. The Morgan fingerprint density at radius 2 is 2.18 bits per heavy atom. The fourth-order valence-electron chi connectivity index (χ4n) is 1.96. The van der Waals surface area contributed by atoms with Crippen molar-refractivity contribution in [2.24, 2.45) is 0 Å². The lowest BCUT2D eigenvalue weighted by Gasteiger charge is -2.30. The Labute approximate surface area is 70.5 Å². The Kier molecular flexibility index (Phi) is 2.12. The molecule has 0 aromatic heterocycles. The summed E-state index contributed by atoms with van der Waals surface area (Å²) in [6.07, 6.45) is 4.62. The van der Waals surface area contributed by atoms with Crippen molar-refractivity contribution in [1.29, 1.82) is 0 Å². The Balaban J connectivity index is 1.98. The van der Waals surface area contributed by atoms with Gasteiger partial charge in [-0.2, -0.15) is 0 Å². The second-order valence-corrected chi connectivity index (χ2v) is 5.10. The molecule has 2 aliphatic rings. The molecule has 0 bridgehead atoms. The highest BCUT2D eigenvalue weighted by atomic mass is 32.2. The van der Waals surface area contributed by atoms with E-state index in [4.69, 9.17) is 4.74 Å². The van der Waals surface area contributed by atoms with E-state index < -0.39 is 11.2 Å². The average molecular weight is 174 g/mol. The molecule has 2 nitrogen and oxygen atoms in total. The second kappa shape index (κ2) is 2.96. The van der Waals surface area contributed by atoms with Gasteiger partial charge in [0.2, 0.25) is 0 Å². The number of ether oxygens (including phenoxy) is 1. The van der Waals surface area contributed by atoms with E-state index in [9.17, 15) is 4.55 Å². The summed E-state index contributed by atoms with van der Waals surface area (Å²) >= 11 is -0.585. The van der Waals surface area contributed by atoms with Crippen LogP contribution in [-0.2, 0) is 15.9 Å². The lowest BCUT2D eigenvalue weighted by atomic mass is 9.93. The largest absolute Gasteiger partial charge is 0.616 e. The van der Waals surface area contributed by atoms with Crippen LogP contribution in [0.1, 0.15) is 25.7 Å². The van der Waals surface area contributed by atoms with Crippen LogP contribution in [0.4, 0.5) is 0 Å². The lowest BCUT2D eigenvalue weighted by molar-refractivity contribution is -0.0590. The van der Waals surface area contributed by atoms with E-state index in [2.05, 4.69) is 0 Å². The fraction of sp³-hybridized carbons (Fsp3) is 1.00. The zero-order valence-corrected chi connectivity index (χ0v) is 7.49. The van der Waals surface area contributed by atoms with Gasteiger partial charge in [-0.1, -0.05) is 11.2 Å². The van der Waals surface area contributed by atoms with Crippen molar-refractivity contribution >= 4 is 11.2 Å². The molecular weight excluding hydrogens is 160 g/mol. The van der Waals surface area contributed by atoms with Crippen LogP contribution in [0.3, 0.4) is 0 Å². The molecule has 0 radical (unpaired) electrons. The fourth-order valence-corrected chi connectivity index (χ4v) is 3.66. The van der Waals surface area contributed by atoms with Crippen LogP contribution in [0.2, 0.25) is 0 Å². The molecule has 0 aromatic carbocycles. The summed E-state index contributed by atoms with van der Waals surface area (Å²) in [5, 5.41) is 0. The summed E-state index contributed by atoms with van der Waals surface area (Å²) in [6.45, 7) is 0.886. The van der Waals surface area contributed by atoms with Gasteiger partial charge in [0.15, 0.2) is 0 Å². The van der Waals surface area contributed by atoms with Crippen LogP contribution in [0.15, 0.2) is 0 Å². The monoisotopic (exact) mass is 174 g/mol. The molecule has 0 saturated carbocycles. The van der Waals surface area contributed by atoms with E-state index in [1.807, 2.05) is 0 Å². The van der Waals surface area contributed by atoms with Crippen molar-refractivity contribution in [2.45, 2.75) is 31.3 Å². The van der Waals surface area contributed by atoms with Crippen molar-refractivity contribution in [2.75, 3.05) is 18.1 Å². The summed E-state index contributed by atoms with van der Waals surface area (Å²) in [7, 11) is 0. The van der Waals surface area contributed by atoms with E-state index in [-0.39, 0.29) is 5.60 Å². The predicted molar refractivity (Wildman–Crippen MR) is 45.0 cm³/mol. The van der Waals surface area contributed by atoms with Crippen molar-refractivity contribution in [3.8, 4) is 0 Å². The third kappa shape index (κ3) is 1.55. The smallest absolute Gasteiger partial charge is 0.134 e. The van der Waals surface area contributed by atoms with E-state index in [0.717, 1.165) is 31.0 Å². The zero-order chi connectivity index (χ0) is 7.73. The molecular formula is C8H14O2S. The van der Waals surface area contributed by atoms with E-state index in [0.29, 0.717) is 0 Å². The summed E-state index contributed by atoms with van der Waals surface area (Å²) in [5.41, 5.74) is 0.0448. The molecule has 0 N–H and O–H groups in total. The highest BCUT2D eigenvalue weighted by molar-refractivity contribution is 7.91. The van der Waals surface area contributed by atoms with Gasteiger partial charge in [0.05, 0.1) is 0 Å². The van der Waals surface area contributed by atoms with Crippen LogP contribution in [0.5, 0.6) is 0 Å². The first-order valence-corrected chi connectivity index (χ1v) is 5.79. The zero-order valence-electron chi connectivity index (χ0n) is 6.67. The molecule has 2 unspecified atom stereocenters. The maximum absolute atomic E-state index is 11.1. The van der Waals surface area contributed by atoms with Crippen molar-refractivity contribution in [3.05, 3.63) is 0 Å². The van der Waals surface area contributed by atoms with Crippen LogP contribution in [-0.4, -0.2) is 28.3 Å². The molecule has 2 fully saturated rings. The van der Waals surface area contributed by atoms with Gasteiger partial charge in [0.25, 0.3) is 0 Å². The van der Waals surface area contributed by atoms with Crippen LogP contribution in [0.25, 0.3) is 0 Å². The Morgan fingerprint density at radius 1 is 1.27 bits per heavy atom. The maximum atomic E-state index is 11.1. The van der Waals surface area contributed by atoms with Gasteiger partial charge in [0, 0.05) is 13.0 Å². The SMILES string of the molecule is [O-][S+]1CCC2(CCCCO2)C1. The molecule has 2 atom stereocenters. The van der Waals surface area contributed by atoms with Gasteiger partial charge in [-0.25, -0.2) is 0 Å². The minimum absolute atomic E-state index is 0.0448. The number of hydrogen-bond donors (Lipinski definition) is 0. The van der Waals surface area contributed by atoms with Crippen LogP contribution in [0, 0.1) is 0 Å². The lowest BCUT2D eigenvalue weighted by Crippen LogP contribution is -2.37. The van der Waals surface area contributed by atoms with E-state index in [1.165, 1.54) is 12.8 Å². The highest BCUT2D eigenvalue weighted by Crippen LogP contribution is 2.35. The standard InChI is InChI=1S/C8H14O2S/c9-11-6-4-8(7-11)3-1-2-5-10-8/h1-7H2. The van der Waals surface area contributed by atoms with Gasteiger partial charge >= 0.3 is 0 Å². The van der Waals surface area contributed by atoms with Gasteiger partial charge in [-0.15, -0.1) is 0 Å². The molecule has 0 aromatic rings. The summed E-state index contributed by atoms with van der Waals surface area (Å²) in [4.78, 5) is 0. The first kappa shape index (κ1) is 7.90. The van der Waals surface area contributed by atoms with Gasteiger partial charge in [-0.3, -0.25) is 0 Å². The normalized spacial score (nSPS) is 45.0. The quantitative estimate of drug-likeness (QED) is 0.515. The minimum Gasteiger partial charge on any atom is -0.616 e. The van der Waals surface area contributed by atoms with Gasteiger partial charge in [-0.05, 0) is 19.3 Å².